The molecule has 11 heavy (non-hydrogen) atoms. The summed E-state index contributed by atoms with van der Waals surface area (Å²) in [5, 5.41) is 6.64. The minimum atomic E-state index is -0.184. The molecule has 0 radical (unpaired) electrons. The van der Waals surface area contributed by atoms with E-state index < -0.39 is 0 Å². The van der Waals surface area contributed by atoms with Crippen molar-refractivity contribution >= 4 is 23.2 Å². The maximum absolute atomic E-state index is 6.82. The summed E-state index contributed by atoms with van der Waals surface area (Å²) in [7, 11) is 0. The summed E-state index contributed by atoms with van der Waals surface area (Å²) < 4.78 is 5.12. The quantitative estimate of drug-likeness (QED) is 0.359. The van der Waals surface area contributed by atoms with E-state index in [1.54, 1.807) is 6.34 Å². The summed E-state index contributed by atoms with van der Waals surface area (Å²) in [6.07, 6.45) is 1.58. The molecule has 1 N–H and O–H groups in total. The highest BCUT2D eigenvalue weighted by molar-refractivity contribution is 6.64. The zero-order chi connectivity index (χ0) is 8.10. The zero-order valence-electron chi connectivity index (χ0n) is 6.09. The van der Waals surface area contributed by atoms with Gasteiger partial charge in [0.15, 0.2) is 0 Å². The Balaban J connectivity index is 2.29. The molecule has 62 valence electrons. The molecule has 1 aliphatic rings. The fraction of sp³-hybridized carbons (Fsp3) is 0.667. The van der Waals surface area contributed by atoms with Crippen molar-refractivity contribution in [1.82, 2.24) is 4.90 Å². The molecule has 0 aromatic heterocycles. The highest BCUT2D eigenvalue weighted by Gasteiger charge is 2.05. The summed E-state index contributed by atoms with van der Waals surface area (Å²) >= 11 is 5.22. The van der Waals surface area contributed by atoms with Crippen molar-refractivity contribution in [2.24, 2.45) is 4.99 Å². The lowest BCUT2D eigenvalue weighted by Gasteiger charge is -2.23. The first kappa shape index (κ1) is 8.49. The molecule has 1 aliphatic heterocycles. The molecule has 0 atom stereocenters. The van der Waals surface area contributed by atoms with Gasteiger partial charge in [-0.25, -0.2) is 4.99 Å². The third-order valence-electron chi connectivity index (χ3n) is 1.38. The average Bonchev–Trinajstić information content (AvgIpc) is 2.03. The van der Waals surface area contributed by atoms with E-state index in [4.69, 9.17) is 21.7 Å². The van der Waals surface area contributed by atoms with Crippen LogP contribution in [0.1, 0.15) is 0 Å². The van der Waals surface area contributed by atoms with Crippen LogP contribution in [0.25, 0.3) is 0 Å². The van der Waals surface area contributed by atoms with Crippen LogP contribution in [0, 0.1) is 5.41 Å². The average molecular weight is 176 g/mol. The number of morpholine rings is 1. The SMILES string of the molecule is N=C(Cl)N=CN1CCOCC1. The largest absolute Gasteiger partial charge is 0.378 e. The molecule has 1 saturated heterocycles. The van der Waals surface area contributed by atoms with Gasteiger partial charge in [-0.15, -0.1) is 0 Å². The van der Waals surface area contributed by atoms with Crippen LogP contribution in [0.15, 0.2) is 4.99 Å². The number of amidine groups is 1. The minimum Gasteiger partial charge on any atom is -0.378 e. The third kappa shape index (κ3) is 3.34. The molecule has 0 spiro atoms. The molecule has 0 aliphatic carbocycles. The Morgan fingerprint density at radius 1 is 1.55 bits per heavy atom. The van der Waals surface area contributed by atoms with E-state index in [-0.39, 0.29) is 5.29 Å². The topological polar surface area (TPSA) is 48.7 Å². The lowest BCUT2D eigenvalue weighted by Crippen LogP contribution is -2.35. The number of rotatable bonds is 1. The Labute approximate surface area is 70.3 Å². The molecule has 0 aromatic carbocycles. The molecule has 0 saturated carbocycles. The van der Waals surface area contributed by atoms with Crippen LogP contribution < -0.4 is 0 Å². The molecule has 0 unspecified atom stereocenters. The standard InChI is InChI=1S/C6H10ClN3O/c7-6(8)9-5-10-1-3-11-4-2-10/h5,8H,1-4H2. The van der Waals surface area contributed by atoms with Gasteiger partial charge >= 0.3 is 0 Å². The van der Waals surface area contributed by atoms with Gasteiger partial charge in [0.05, 0.1) is 19.6 Å². The van der Waals surface area contributed by atoms with Gasteiger partial charge in [-0.1, -0.05) is 0 Å². The summed E-state index contributed by atoms with van der Waals surface area (Å²) in [6.45, 7) is 3.10. The van der Waals surface area contributed by atoms with Crippen LogP contribution in [0.2, 0.25) is 0 Å². The predicted octanol–water partition coefficient (Wildman–Crippen LogP) is 0.520. The van der Waals surface area contributed by atoms with Gasteiger partial charge in [-0.05, 0) is 11.6 Å². The number of hydrogen-bond donors (Lipinski definition) is 1. The van der Waals surface area contributed by atoms with Gasteiger partial charge in [0.1, 0.15) is 0 Å². The second-order valence-electron chi connectivity index (χ2n) is 2.18. The molecule has 1 rings (SSSR count). The fourth-order valence-electron chi connectivity index (χ4n) is 0.825. The number of halogens is 1. The Kier molecular flexibility index (Phi) is 3.32. The lowest BCUT2D eigenvalue weighted by atomic mass is 10.5. The Hall–Kier alpha value is -0.610. The number of hydrogen-bond acceptors (Lipinski definition) is 2. The molecular formula is C6H10ClN3O. The van der Waals surface area contributed by atoms with Crippen molar-refractivity contribution < 1.29 is 4.74 Å². The van der Waals surface area contributed by atoms with Crippen molar-refractivity contribution in [3.05, 3.63) is 0 Å². The van der Waals surface area contributed by atoms with E-state index in [9.17, 15) is 0 Å². The van der Waals surface area contributed by atoms with Crippen LogP contribution in [0.5, 0.6) is 0 Å². The highest BCUT2D eigenvalue weighted by atomic mass is 35.5. The Bertz CT molecular complexity index is 165. The Morgan fingerprint density at radius 3 is 2.73 bits per heavy atom. The molecule has 1 fully saturated rings. The van der Waals surface area contributed by atoms with E-state index in [2.05, 4.69) is 4.99 Å². The molecule has 4 nitrogen and oxygen atoms in total. The number of ether oxygens (including phenoxy) is 1. The van der Waals surface area contributed by atoms with Crippen LogP contribution in [0.3, 0.4) is 0 Å². The fourth-order valence-corrected chi connectivity index (χ4v) is 0.869. The smallest absolute Gasteiger partial charge is 0.216 e. The second kappa shape index (κ2) is 4.31. The number of aliphatic imine (C=N–C) groups is 1. The van der Waals surface area contributed by atoms with Gasteiger partial charge in [-0.3, -0.25) is 5.41 Å². The minimum absolute atomic E-state index is 0.184. The van der Waals surface area contributed by atoms with Gasteiger partial charge in [0, 0.05) is 13.1 Å². The molecule has 0 bridgehead atoms. The van der Waals surface area contributed by atoms with E-state index in [0.29, 0.717) is 0 Å². The molecule has 0 aromatic rings. The highest BCUT2D eigenvalue weighted by Crippen LogP contribution is 1.93. The predicted molar refractivity (Wildman–Crippen MR) is 44.5 cm³/mol. The second-order valence-corrected chi connectivity index (χ2v) is 2.54. The molecular weight excluding hydrogens is 166 g/mol. The van der Waals surface area contributed by atoms with Crippen molar-refractivity contribution in [2.45, 2.75) is 0 Å². The monoisotopic (exact) mass is 175 g/mol. The van der Waals surface area contributed by atoms with Crippen molar-refractivity contribution in [3.8, 4) is 0 Å². The summed E-state index contributed by atoms with van der Waals surface area (Å²) in [6, 6.07) is 0. The van der Waals surface area contributed by atoms with Gasteiger partial charge in [-0.2, -0.15) is 0 Å². The van der Waals surface area contributed by atoms with Crippen molar-refractivity contribution in [1.29, 1.82) is 5.41 Å². The van der Waals surface area contributed by atoms with Crippen LogP contribution in [0.4, 0.5) is 0 Å². The maximum Gasteiger partial charge on any atom is 0.216 e. The summed E-state index contributed by atoms with van der Waals surface area (Å²) in [5.74, 6) is 0. The number of nitrogens with zero attached hydrogens (tertiary/aromatic N) is 2. The van der Waals surface area contributed by atoms with Crippen molar-refractivity contribution in [3.63, 3.8) is 0 Å². The number of nitrogens with one attached hydrogen (secondary N) is 1. The normalized spacial score (nSPS) is 19.2. The van der Waals surface area contributed by atoms with Gasteiger partial charge in [0.2, 0.25) is 5.29 Å². The van der Waals surface area contributed by atoms with E-state index in [0.717, 1.165) is 26.3 Å². The van der Waals surface area contributed by atoms with Gasteiger partial charge < -0.3 is 9.64 Å². The third-order valence-corrected chi connectivity index (χ3v) is 1.48. The lowest BCUT2D eigenvalue weighted by molar-refractivity contribution is 0.0701. The van der Waals surface area contributed by atoms with Crippen molar-refractivity contribution in [2.75, 3.05) is 26.3 Å². The molecule has 5 heteroatoms. The van der Waals surface area contributed by atoms with E-state index in [1.807, 2.05) is 4.90 Å². The van der Waals surface area contributed by atoms with E-state index >= 15 is 0 Å². The Morgan fingerprint density at radius 2 is 2.18 bits per heavy atom. The first-order chi connectivity index (χ1) is 5.29. The van der Waals surface area contributed by atoms with Crippen LogP contribution in [-0.4, -0.2) is 42.8 Å². The zero-order valence-corrected chi connectivity index (χ0v) is 6.84. The summed E-state index contributed by atoms with van der Waals surface area (Å²) in [4.78, 5) is 5.62. The van der Waals surface area contributed by atoms with Gasteiger partial charge in [0.25, 0.3) is 0 Å². The van der Waals surface area contributed by atoms with Crippen LogP contribution in [-0.2, 0) is 4.74 Å². The summed E-state index contributed by atoms with van der Waals surface area (Å²) in [5.41, 5.74) is 0. The first-order valence-electron chi connectivity index (χ1n) is 3.39. The molecule has 1 heterocycles. The maximum atomic E-state index is 6.82. The van der Waals surface area contributed by atoms with E-state index in [1.165, 1.54) is 0 Å². The molecule has 0 amide bonds. The van der Waals surface area contributed by atoms with Crippen LogP contribution >= 0.6 is 11.6 Å². The first-order valence-corrected chi connectivity index (χ1v) is 3.77.